The van der Waals surface area contributed by atoms with Gasteiger partial charge < -0.3 is 9.30 Å². The molecule has 1 aromatic heterocycles. The quantitative estimate of drug-likeness (QED) is 0.679. The van der Waals surface area contributed by atoms with Crippen molar-refractivity contribution < 1.29 is 14.3 Å². The van der Waals surface area contributed by atoms with Crippen molar-refractivity contribution in [2.75, 3.05) is 11.4 Å². The molecule has 0 bridgehead atoms. The monoisotopic (exact) mass is 349 g/mol. The predicted molar refractivity (Wildman–Crippen MR) is 98.4 cm³/mol. The summed E-state index contributed by atoms with van der Waals surface area (Å²) >= 11 is 0. The number of amides is 1. The molecule has 0 atom stereocenters. The summed E-state index contributed by atoms with van der Waals surface area (Å²) in [6.45, 7) is 0.853. The van der Waals surface area contributed by atoms with Crippen LogP contribution in [0.15, 0.2) is 42.5 Å². The first-order valence-electron chi connectivity index (χ1n) is 8.60. The first-order valence-corrected chi connectivity index (χ1v) is 8.60. The van der Waals surface area contributed by atoms with Crippen LogP contribution >= 0.6 is 0 Å². The second kappa shape index (κ2) is 6.63. The molecule has 2 aromatic carbocycles. The minimum Gasteiger partial charge on any atom is -0.444 e. The van der Waals surface area contributed by atoms with Gasteiger partial charge >= 0.3 is 6.09 Å². The van der Waals surface area contributed by atoms with Crippen molar-refractivity contribution in [1.82, 2.24) is 9.55 Å². The second-order valence-electron chi connectivity index (χ2n) is 6.37. The van der Waals surface area contributed by atoms with Crippen molar-refractivity contribution in [2.24, 2.45) is 7.05 Å². The lowest BCUT2D eigenvalue weighted by Gasteiger charge is -2.29. The van der Waals surface area contributed by atoms with Crippen molar-refractivity contribution in [1.29, 1.82) is 0 Å². The normalized spacial score (nSPS) is 13.5. The molecule has 2 heterocycles. The van der Waals surface area contributed by atoms with Gasteiger partial charge in [-0.25, -0.2) is 9.78 Å². The van der Waals surface area contributed by atoms with Gasteiger partial charge in [-0.3, -0.25) is 9.69 Å². The molecule has 132 valence electrons. The number of hydrogen-bond donors (Lipinski definition) is 0. The van der Waals surface area contributed by atoms with Crippen molar-refractivity contribution in [3.63, 3.8) is 0 Å². The van der Waals surface area contributed by atoms with Crippen LogP contribution in [0.1, 0.15) is 28.2 Å². The maximum Gasteiger partial charge on any atom is 0.414 e. The highest BCUT2D eigenvalue weighted by atomic mass is 16.6. The van der Waals surface area contributed by atoms with E-state index < -0.39 is 0 Å². The van der Waals surface area contributed by atoms with Crippen LogP contribution in [0.2, 0.25) is 0 Å². The van der Waals surface area contributed by atoms with Gasteiger partial charge in [0, 0.05) is 19.2 Å². The first kappa shape index (κ1) is 16.3. The number of fused-ring (bicyclic) bond motifs is 3. The molecule has 4 rings (SSSR count). The summed E-state index contributed by atoms with van der Waals surface area (Å²) in [6, 6.07) is 13.4. The zero-order chi connectivity index (χ0) is 18.1. The Morgan fingerprint density at radius 1 is 1.23 bits per heavy atom. The average molecular weight is 349 g/mol. The van der Waals surface area contributed by atoms with Gasteiger partial charge in [-0.1, -0.05) is 30.3 Å². The Morgan fingerprint density at radius 2 is 2.04 bits per heavy atom. The third-order valence-electron chi connectivity index (χ3n) is 4.80. The highest BCUT2D eigenvalue weighted by Crippen LogP contribution is 2.33. The zero-order valence-electron chi connectivity index (χ0n) is 14.5. The Labute approximate surface area is 151 Å². The predicted octanol–water partition coefficient (Wildman–Crippen LogP) is 3.48. The van der Waals surface area contributed by atoms with Crippen LogP contribution in [0, 0.1) is 0 Å². The van der Waals surface area contributed by atoms with Gasteiger partial charge in [0.1, 0.15) is 6.61 Å². The summed E-state index contributed by atoms with van der Waals surface area (Å²) in [5, 5.41) is 0. The minimum absolute atomic E-state index is 0.243. The Kier molecular flexibility index (Phi) is 4.16. The van der Waals surface area contributed by atoms with E-state index in [2.05, 4.69) is 4.98 Å². The number of carbonyl (C=O) groups is 2. The summed E-state index contributed by atoms with van der Waals surface area (Å²) < 4.78 is 7.26. The fourth-order valence-electron chi connectivity index (χ4n) is 3.45. The van der Waals surface area contributed by atoms with Gasteiger partial charge in [-0.15, -0.1) is 0 Å². The number of nitrogens with zero attached hydrogens (tertiary/aromatic N) is 3. The molecule has 0 spiro atoms. The van der Waals surface area contributed by atoms with Gasteiger partial charge in [0.25, 0.3) is 0 Å². The van der Waals surface area contributed by atoms with Crippen LogP contribution in [0.3, 0.4) is 0 Å². The van der Waals surface area contributed by atoms with Crippen molar-refractivity contribution in [3.05, 3.63) is 59.4 Å². The molecule has 0 saturated carbocycles. The molecule has 0 fully saturated rings. The van der Waals surface area contributed by atoms with E-state index in [1.807, 2.05) is 49.5 Å². The molecule has 1 aliphatic heterocycles. The van der Waals surface area contributed by atoms with Crippen LogP contribution in [-0.2, 0) is 24.8 Å². The fraction of sp³-hybridized carbons (Fsp3) is 0.250. The maximum atomic E-state index is 12.6. The molecule has 1 aliphatic rings. The molecule has 0 radical (unpaired) electrons. The molecular formula is C20H19N3O3. The van der Waals surface area contributed by atoms with E-state index in [0.717, 1.165) is 47.0 Å². The highest BCUT2D eigenvalue weighted by Gasteiger charge is 2.26. The number of benzene rings is 2. The number of aldehydes is 1. The van der Waals surface area contributed by atoms with Gasteiger partial charge in [0.2, 0.25) is 0 Å². The van der Waals surface area contributed by atoms with Crippen molar-refractivity contribution in [2.45, 2.75) is 19.4 Å². The SMILES string of the molecule is Cn1c(C=O)nc2c3c(ccc21)N(C(=O)OCc1ccccc1)CCC3. The maximum absolute atomic E-state index is 12.6. The van der Waals surface area contributed by atoms with Crippen LogP contribution in [0.4, 0.5) is 10.5 Å². The second-order valence-corrected chi connectivity index (χ2v) is 6.37. The highest BCUT2D eigenvalue weighted by molar-refractivity contribution is 5.95. The summed E-state index contributed by atoms with van der Waals surface area (Å²) in [5.41, 5.74) is 4.44. The molecule has 6 heteroatoms. The summed E-state index contributed by atoms with van der Waals surface area (Å²) in [6.07, 6.45) is 2.05. The lowest BCUT2D eigenvalue weighted by Crippen LogP contribution is -2.36. The van der Waals surface area contributed by atoms with E-state index in [-0.39, 0.29) is 12.7 Å². The molecule has 0 unspecified atom stereocenters. The molecule has 0 aliphatic carbocycles. The lowest BCUT2D eigenvalue weighted by molar-refractivity contribution is 0.111. The largest absolute Gasteiger partial charge is 0.444 e. The first-order chi connectivity index (χ1) is 12.7. The summed E-state index contributed by atoms with van der Waals surface area (Å²) in [5.74, 6) is 0.386. The molecule has 6 nitrogen and oxygen atoms in total. The third kappa shape index (κ3) is 2.73. The van der Waals surface area contributed by atoms with Crippen LogP contribution < -0.4 is 4.90 Å². The van der Waals surface area contributed by atoms with E-state index in [9.17, 15) is 9.59 Å². The van der Waals surface area contributed by atoms with Gasteiger partial charge in [0.05, 0.1) is 16.7 Å². The number of imidazole rings is 1. The Morgan fingerprint density at radius 3 is 2.81 bits per heavy atom. The number of anilines is 1. The Hall–Kier alpha value is -3.15. The molecule has 0 N–H and O–H groups in total. The van der Waals surface area contributed by atoms with Gasteiger partial charge in [0.15, 0.2) is 12.1 Å². The molecule has 0 saturated heterocycles. The van der Waals surface area contributed by atoms with E-state index in [0.29, 0.717) is 12.4 Å². The average Bonchev–Trinajstić information content (AvgIpc) is 3.02. The molecular weight excluding hydrogens is 330 g/mol. The molecule has 1 amide bonds. The van der Waals surface area contributed by atoms with E-state index in [1.165, 1.54) is 0 Å². The smallest absolute Gasteiger partial charge is 0.414 e. The van der Waals surface area contributed by atoms with Crippen LogP contribution in [0.5, 0.6) is 0 Å². The van der Waals surface area contributed by atoms with Crippen molar-refractivity contribution in [3.8, 4) is 0 Å². The Bertz CT molecular complexity index is 979. The summed E-state index contributed by atoms with van der Waals surface area (Å²) in [7, 11) is 1.82. The number of aryl methyl sites for hydroxylation is 2. The molecule has 3 aromatic rings. The third-order valence-corrected chi connectivity index (χ3v) is 4.80. The van der Waals surface area contributed by atoms with E-state index >= 15 is 0 Å². The number of aromatic nitrogens is 2. The topological polar surface area (TPSA) is 64.4 Å². The van der Waals surface area contributed by atoms with Gasteiger partial charge in [-0.05, 0) is 30.5 Å². The van der Waals surface area contributed by atoms with E-state index in [4.69, 9.17) is 4.74 Å². The molecule has 26 heavy (non-hydrogen) atoms. The number of ether oxygens (including phenoxy) is 1. The summed E-state index contributed by atoms with van der Waals surface area (Å²) in [4.78, 5) is 29.9. The zero-order valence-corrected chi connectivity index (χ0v) is 14.5. The number of hydrogen-bond acceptors (Lipinski definition) is 4. The fourth-order valence-corrected chi connectivity index (χ4v) is 3.45. The van der Waals surface area contributed by atoms with E-state index in [1.54, 1.807) is 9.47 Å². The van der Waals surface area contributed by atoms with Crippen LogP contribution in [0.25, 0.3) is 11.0 Å². The van der Waals surface area contributed by atoms with Crippen LogP contribution in [-0.4, -0.2) is 28.5 Å². The van der Waals surface area contributed by atoms with Gasteiger partial charge in [-0.2, -0.15) is 0 Å². The Balaban J connectivity index is 1.63. The van der Waals surface area contributed by atoms with Crippen molar-refractivity contribution >= 4 is 29.1 Å². The number of carbonyl (C=O) groups excluding carboxylic acids is 2. The standard InChI is InChI=1S/C20H19N3O3/c1-22-17-10-9-16-15(19(17)21-18(22)12-24)8-5-11-23(16)20(25)26-13-14-6-3-2-4-7-14/h2-4,6-7,9-10,12H,5,8,11,13H2,1H3. The minimum atomic E-state index is -0.360. The lowest BCUT2D eigenvalue weighted by atomic mass is 10.0. The number of rotatable bonds is 3.